The first kappa shape index (κ1) is 14.2. The van der Waals surface area contributed by atoms with Crippen LogP contribution >= 0.6 is 0 Å². The topological polar surface area (TPSA) is 77.3 Å². The van der Waals surface area contributed by atoms with Crippen molar-refractivity contribution in [3.05, 3.63) is 35.9 Å². The minimum absolute atomic E-state index is 0.531. The molecule has 0 saturated carbocycles. The van der Waals surface area contributed by atoms with Crippen LogP contribution in [-0.4, -0.2) is 31.7 Å². The molecule has 6 heteroatoms. The van der Waals surface area contributed by atoms with Crippen LogP contribution in [-0.2, 0) is 19.1 Å². The highest BCUT2D eigenvalue weighted by atomic mass is 16.5. The van der Waals surface area contributed by atoms with Crippen molar-refractivity contribution in [3.8, 4) is 0 Å². The van der Waals surface area contributed by atoms with Crippen LogP contribution in [0.3, 0.4) is 0 Å². The molecule has 0 radical (unpaired) electrons. The Bertz CT molecular complexity index is 543. The van der Waals surface area contributed by atoms with Crippen molar-refractivity contribution in [2.24, 2.45) is 16.1 Å². The van der Waals surface area contributed by atoms with E-state index in [2.05, 4.69) is 10.2 Å². The van der Waals surface area contributed by atoms with Crippen LogP contribution in [0.5, 0.6) is 0 Å². The molecule has 6 nitrogen and oxygen atoms in total. The zero-order chi connectivity index (χ0) is 14.8. The Hall–Kier alpha value is -2.24. The summed E-state index contributed by atoms with van der Waals surface area (Å²) in [4.78, 5) is 24.0. The second-order valence-electron chi connectivity index (χ2n) is 4.71. The molecule has 2 rings (SSSR count). The van der Waals surface area contributed by atoms with Gasteiger partial charge in [-0.15, -0.1) is 0 Å². The SMILES string of the molecule is COC(=O)[C@@H]1[C@H](c2ccccc2)N=N[C@@]1(C)C(=O)OC. The molecule has 0 N–H and O–H groups in total. The molecule has 1 heterocycles. The van der Waals surface area contributed by atoms with E-state index in [9.17, 15) is 9.59 Å². The molecule has 1 aromatic rings. The number of ether oxygens (including phenoxy) is 2. The van der Waals surface area contributed by atoms with E-state index in [-0.39, 0.29) is 0 Å². The third-order valence-corrected chi connectivity index (χ3v) is 3.51. The number of benzene rings is 1. The average molecular weight is 276 g/mol. The molecule has 1 aliphatic heterocycles. The van der Waals surface area contributed by atoms with E-state index in [0.717, 1.165) is 5.56 Å². The Balaban J connectivity index is 2.43. The molecule has 0 amide bonds. The molecule has 0 aliphatic carbocycles. The smallest absolute Gasteiger partial charge is 0.336 e. The highest BCUT2D eigenvalue weighted by Crippen LogP contribution is 2.43. The van der Waals surface area contributed by atoms with Crippen LogP contribution < -0.4 is 0 Å². The molecule has 1 aliphatic rings. The molecule has 1 aromatic carbocycles. The zero-order valence-electron chi connectivity index (χ0n) is 11.6. The first-order chi connectivity index (χ1) is 9.54. The maximum Gasteiger partial charge on any atom is 0.336 e. The normalized spacial score (nSPS) is 28.1. The van der Waals surface area contributed by atoms with Gasteiger partial charge in [-0.1, -0.05) is 30.3 Å². The summed E-state index contributed by atoms with van der Waals surface area (Å²) >= 11 is 0. The quantitative estimate of drug-likeness (QED) is 0.790. The lowest BCUT2D eigenvalue weighted by Crippen LogP contribution is -2.45. The molecule has 0 bridgehead atoms. The van der Waals surface area contributed by atoms with E-state index in [1.54, 1.807) is 0 Å². The summed E-state index contributed by atoms with van der Waals surface area (Å²) < 4.78 is 9.56. The zero-order valence-corrected chi connectivity index (χ0v) is 11.6. The monoisotopic (exact) mass is 276 g/mol. The number of methoxy groups -OCH3 is 2. The van der Waals surface area contributed by atoms with Gasteiger partial charge in [0.1, 0.15) is 12.0 Å². The highest BCUT2D eigenvalue weighted by Gasteiger charge is 2.56. The number of esters is 2. The summed E-state index contributed by atoms with van der Waals surface area (Å²) in [5, 5.41) is 8.10. The van der Waals surface area contributed by atoms with Crippen molar-refractivity contribution in [3.63, 3.8) is 0 Å². The number of hydrogen-bond donors (Lipinski definition) is 0. The third-order valence-electron chi connectivity index (χ3n) is 3.51. The van der Waals surface area contributed by atoms with E-state index >= 15 is 0 Å². The number of nitrogens with zero attached hydrogens (tertiary/aromatic N) is 2. The average Bonchev–Trinajstić information content (AvgIpc) is 2.85. The predicted octanol–water partition coefficient (Wildman–Crippen LogP) is 1.91. The molecule has 0 spiro atoms. The Morgan fingerprint density at radius 3 is 2.35 bits per heavy atom. The molecule has 20 heavy (non-hydrogen) atoms. The summed E-state index contributed by atoms with van der Waals surface area (Å²) in [6.45, 7) is 1.53. The highest BCUT2D eigenvalue weighted by molar-refractivity contribution is 5.89. The second-order valence-corrected chi connectivity index (χ2v) is 4.71. The van der Waals surface area contributed by atoms with Crippen molar-refractivity contribution in [2.45, 2.75) is 18.5 Å². The van der Waals surface area contributed by atoms with Crippen molar-refractivity contribution in [2.75, 3.05) is 14.2 Å². The van der Waals surface area contributed by atoms with Gasteiger partial charge in [0.25, 0.3) is 0 Å². The Morgan fingerprint density at radius 1 is 1.15 bits per heavy atom. The van der Waals surface area contributed by atoms with Gasteiger partial charge in [-0.05, 0) is 12.5 Å². The molecule has 3 atom stereocenters. The number of azo groups is 1. The maximum atomic E-state index is 12.1. The lowest BCUT2D eigenvalue weighted by atomic mass is 9.80. The summed E-state index contributed by atoms with van der Waals surface area (Å²) in [6.07, 6.45) is 0. The van der Waals surface area contributed by atoms with E-state index in [0.29, 0.717) is 0 Å². The second kappa shape index (κ2) is 5.40. The van der Waals surface area contributed by atoms with Crippen LogP contribution in [0, 0.1) is 5.92 Å². The summed E-state index contributed by atoms with van der Waals surface area (Å²) in [6, 6.07) is 8.67. The molecular formula is C14H16N2O4. The largest absolute Gasteiger partial charge is 0.469 e. The van der Waals surface area contributed by atoms with Crippen LogP contribution in [0.4, 0.5) is 0 Å². The van der Waals surface area contributed by atoms with Gasteiger partial charge in [-0.25, -0.2) is 4.79 Å². The number of hydrogen-bond acceptors (Lipinski definition) is 6. The fraction of sp³-hybridized carbons (Fsp3) is 0.429. The molecule has 0 saturated heterocycles. The van der Waals surface area contributed by atoms with Crippen molar-refractivity contribution < 1.29 is 19.1 Å². The van der Waals surface area contributed by atoms with Crippen LogP contribution in [0.1, 0.15) is 18.5 Å². The maximum absolute atomic E-state index is 12.1. The van der Waals surface area contributed by atoms with Crippen molar-refractivity contribution >= 4 is 11.9 Å². The van der Waals surface area contributed by atoms with Crippen molar-refractivity contribution in [1.29, 1.82) is 0 Å². The van der Waals surface area contributed by atoms with Gasteiger partial charge in [0.05, 0.1) is 14.2 Å². The summed E-state index contributed by atoms with van der Waals surface area (Å²) in [7, 11) is 2.54. The van der Waals surface area contributed by atoms with Crippen molar-refractivity contribution in [1.82, 2.24) is 0 Å². The summed E-state index contributed by atoms with van der Waals surface area (Å²) in [5.41, 5.74) is -0.554. The lowest BCUT2D eigenvalue weighted by molar-refractivity contribution is -0.158. The van der Waals surface area contributed by atoms with E-state index < -0.39 is 29.4 Å². The minimum Gasteiger partial charge on any atom is -0.469 e. The number of carbonyl (C=O) groups excluding carboxylic acids is 2. The molecule has 0 unspecified atom stereocenters. The van der Waals surface area contributed by atoms with Gasteiger partial charge in [0, 0.05) is 0 Å². The van der Waals surface area contributed by atoms with E-state index in [1.807, 2.05) is 30.3 Å². The van der Waals surface area contributed by atoms with Gasteiger partial charge >= 0.3 is 11.9 Å². The van der Waals surface area contributed by atoms with Crippen LogP contribution in [0.25, 0.3) is 0 Å². The van der Waals surface area contributed by atoms with Gasteiger partial charge < -0.3 is 9.47 Å². The molecule has 0 aromatic heterocycles. The lowest BCUT2D eigenvalue weighted by Gasteiger charge is -2.25. The summed E-state index contributed by atoms with van der Waals surface area (Å²) in [5.74, 6) is -1.96. The van der Waals surface area contributed by atoms with E-state index in [4.69, 9.17) is 9.47 Å². The minimum atomic E-state index is -1.36. The third kappa shape index (κ3) is 2.17. The van der Waals surface area contributed by atoms with E-state index in [1.165, 1.54) is 21.1 Å². The molecule has 0 fully saturated rings. The van der Waals surface area contributed by atoms with Gasteiger partial charge in [-0.2, -0.15) is 10.2 Å². The molecular weight excluding hydrogens is 260 g/mol. The van der Waals surface area contributed by atoms with Gasteiger partial charge in [-0.3, -0.25) is 4.79 Å². The Labute approximate surface area is 116 Å². The Kier molecular flexibility index (Phi) is 3.83. The predicted molar refractivity (Wildman–Crippen MR) is 70.0 cm³/mol. The number of carbonyl (C=O) groups is 2. The van der Waals surface area contributed by atoms with Gasteiger partial charge in [0.15, 0.2) is 5.54 Å². The number of rotatable bonds is 3. The molecule has 106 valence electrons. The fourth-order valence-corrected chi connectivity index (χ4v) is 2.39. The first-order valence-electron chi connectivity index (χ1n) is 6.17. The first-order valence-corrected chi connectivity index (χ1v) is 6.17. The fourth-order valence-electron chi connectivity index (χ4n) is 2.39. The van der Waals surface area contributed by atoms with Crippen LogP contribution in [0.15, 0.2) is 40.6 Å². The Morgan fingerprint density at radius 2 is 1.80 bits per heavy atom. The standard InChI is InChI=1S/C14H16N2O4/c1-14(13(18)20-3)10(12(17)19-2)11(15-16-14)9-7-5-4-6-8-9/h4-8,10-11H,1-3H3/t10-,11-,14+/m0/s1. The van der Waals surface area contributed by atoms with Gasteiger partial charge in [0.2, 0.25) is 0 Å². The van der Waals surface area contributed by atoms with Crippen LogP contribution in [0.2, 0.25) is 0 Å².